The van der Waals surface area contributed by atoms with Gasteiger partial charge in [-0.3, -0.25) is 0 Å². The normalized spacial score (nSPS) is 13.3. The van der Waals surface area contributed by atoms with Crippen LogP contribution in [-0.2, 0) is 0 Å². The fourth-order valence-corrected chi connectivity index (χ4v) is 11.9. The fourth-order valence-electron chi connectivity index (χ4n) is 11.9. The van der Waals surface area contributed by atoms with Gasteiger partial charge in [0, 0.05) is 33.2 Å². The van der Waals surface area contributed by atoms with Crippen molar-refractivity contribution in [3.8, 4) is 0 Å². The van der Waals surface area contributed by atoms with Crippen molar-refractivity contribution in [1.82, 2.24) is 0 Å². The summed E-state index contributed by atoms with van der Waals surface area (Å²) in [4.78, 5) is 5.15. The van der Waals surface area contributed by atoms with Gasteiger partial charge in [-0.1, -0.05) is 173 Å². The van der Waals surface area contributed by atoms with Gasteiger partial charge in [0.05, 0.1) is 22.7 Å². The summed E-state index contributed by atoms with van der Waals surface area (Å²) in [5.74, 6) is 0.700. The van der Waals surface area contributed by atoms with Crippen LogP contribution >= 0.6 is 0 Å². The third kappa shape index (κ3) is 5.04. The van der Waals surface area contributed by atoms with Crippen LogP contribution in [0.2, 0.25) is 0 Å². The second-order valence-corrected chi connectivity index (χ2v) is 19.1. The lowest BCUT2D eigenvalue weighted by atomic mass is 9.35. The van der Waals surface area contributed by atoms with E-state index in [0.29, 0.717) is 11.8 Å². The van der Waals surface area contributed by atoms with Crippen LogP contribution in [0.25, 0.3) is 75.6 Å². The third-order valence-electron chi connectivity index (χ3n) is 14.9. The summed E-state index contributed by atoms with van der Waals surface area (Å²) >= 11 is 0. The van der Waals surface area contributed by atoms with Gasteiger partial charge in [0.1, 0.15) is 5.58 Å². The van der Waals surface area contributed by atoms with Crippen LogP contribution in [0.3, 0.4) is 0 Å². The Morgan fingerprint density at radius 3 is 1.30 bits per heavy atom. The number of benzene rings is 11. The summed E-state index contributed by atoms with van der Waals surface area (Å²) in [6.07, 6.45) is 0. The average molecular weight is 845 g/mol. The maximum atomic E-state index is 7.41. The molecule has 1 aromatic heterocycles. The van der Waals surface area contributed by atoms with Crippen LogP contribution in [0.4, 0.5) is 34.1 Å². The lowest BCUT2D eigenvalue weighted by Gasteiger charge is -2.43. The summed E-state index contributed by atoms with van der Waals surface area (Å²) in [5, 5.41) is 16.2. The molecule has 0 saturated heterocycles. The first kappa shape index (κ1) is 37.5. The molecule has 4 heteroatoms. The highest BCUT2D eigenvalue weighted by Gasteiger charge is 2.47. The first-order valence-electron chi connectivity index (χ1n) is 23.5. The highest BCUT2D eigenvalue weighted by Crippen LogP contribution is 2.52. The van der Waals surface area contributed by atoms with Gasteiger partial charge in [0.2, 0.25) is 0 Å². The molecule has 0 fully saturated rings. The van der Waals surface area contributed by atoms with E-state index in [9.17, 15) is 0 Å². The molecule has 0 N–H and O–H groups in total. The lowest BCUT2D eigenvalue weighted by Crippen LogP contribution is -2.61. The monoisotopic (exact) mass is 844 g/mol. The SMILES string of the molecule is CC(C)c1ccc2c(c1)B1c3oc4ccc(C(C)C)cc4c3N(c3cccc4c5ccccc5c5ccccc5c34)c3cccc(c31)N2c1cccc2c3ccccc3c3ccccc3c12. The Balaban J connectivity index is 1.14. The first-order chi connectivity index (χ1) is 32.4. The van der Waals surface area contributed by atoms with Crippen molar-refractivity contribution in [1.29, 1.82) is 0 Å². The van der Waals surface area contributed by atoms with Crippen LogP contribution in [0, 0.1) is 0 Å². The maximum Gasteiger partial charge on any atom is 0.297 e. The molecule has 2 aliphatic rings. The maximum absolute atomic E-state index is 7.41. The smallest absolute Gasteiger partial charge is 0.297 e. The van der Waals surface area contributed by atoms with Gasteiger partial charge in [-0.15, -0.1) is 0 Å². The zero-order chi connectivity index (χ0) is 43.9. The van der Waals surface area contributed by atoms with Gasteiger partial charge in [-0.2, -0.15) is 0 Å². The van der Waals surface area contributed by atoms with E-state index < -0.39 is 0 Å². The van der Waals surface area contributed by atoms with Gasteiger partial charge >= 0.3 is 0 Å². The summed E-state index contributed by atoms with van der Waals surface area (Å²) in [6.45, 7) is 9.03. The van der Waals surface area contributed by atoms with Gasteiger partial charge in [-0.25, -0.2) is 0 Å². The van der Waals surface area contributed by atoms with Crippen molar-refractivity contribution in [2.75, 3.05) is 9.80 Å². The predicted octanol–water partition coefficient (Wildman–Crippen LogP) is 15.7. The largest absolute Gasteiger partial charge is 0.468 e. The standard InChI is InChI=1S/C62H45BN2O/c1-36(2)38-31-33-57-50(34-38)61-62(66-57)63-51-35-39(37(3)4)30-32-52(51)64(53-26-13-24-48-44-18-7-5-16-40(44)42-20-9-11-22-46(42)58(48)53)55-28-15-29-56(60(55)63)65(61)54-27-14-25-49-45-19-8-6-17-41(45)43-21-10-12-23-47(43)59(49)54/h5-37H,1-4H3. The minimum atomic E-state index is -0.151. The number of hydrogen-bond donors (Lipinski definition) is 0. The molecule has 12 aromatic rings. The Kier molecular flexibility index (Phi) is 7.88. The number of nitrogens with zero attached hydrogens (tertiary/aromatic N) is 2. The molecule has 0 bridgehead atoms. The molecule has 0 aliphatic carbocycles. The number of anilines is 6. The molecule has 11 aromatic carbocycles. The van der Waals surface area contributed by atoms with Crippen molar-refractivity contribution in [2.45, 2.75) is 39.5 Å². The van der Waals surface area contributed by atoms with E-state index in [2.05, 4.69) is 226 Å². The van der Waals surface area contributed by atoms with Crippen LogP contribution in [0.15, 0.2) is 192 Å². The Labute approximate surface area is 384 Å². The van der Waals surface area contributed by atoms with E-state index >= 15 is 0 Å². The topological polar surface area (TPSA) is 19.6 Å². The molecular weight excluding hydrogens is 800 g/mol. The van der Waals surface area contributed by atoms with Crippen molar-refractivity contribution in [3.63, 3.8) is 0 Å². The highest BCUT2D eigenvalue weighted by molar-refractivity contribution is 7.00. The van der Waals surface area contributed by atoms with Gasteiger partial charge in [0.15, 0.2) is 0 Å². The first-order valence-corrected chi connectivity index (χ1v) is 23.5. The highest BCUT2D eigenvalue weighted by atomic mass is 16.3. The van der Waals surface area contributed by atoms with Crippen molar-refractivity contribution < 1.29 is 4.42 Å². The van der Waals surface area contributed by atoms with Crippen LogP contribution in [0.1, 0.15) is 50.7 Å². The van der Waals surface area contributed by atoms with E-state index in [4.69, 9.17) is 4.42 Å². The minimum Gasteiger partial charge on any atom is -0.468 e. The molecule has 3 heterocycles. The van der Waals surface area contributed by atoms with Gasteiger partial charge in [-0.05, 0) is 130 Å². The van der Waals surface area contributed by atoms with Crippen molar-refractivity contribution >= 4 is 133 Å². The Hall–Kier alpha value is -7.82. The predicted molar refractivity (Wildman–Crippen MR) is 283 cm³/mol. The molecule has 14 rings (SSSR count). The fraction of sp³-hybridized carbons (Fsp3) is 0.0968. The Bertz CT molecular complexity index is 3960. The molecule has 312 valence electrons. The van der Waals surface area contributed by atoms with Gasteiger partial charge in [0.25, 0.3) is 6.71 Å². The van der Waals surface area contributed by atoms with Crippen molar-refractivity contribution in [2.24, 2.45) is 0 Å². The molecular formula is C62H45BN2O. The second-order valence-electron chi connectivity index (χ2n) is 19.1. The lowest BCUT2D eigenvalue weighted by molar-refractivity contribution is 0.651. The molecule has 3 nitrogen and oxygen atoms in total. The summed E-state index contributed by atoms with van der Waals surface area (Å²) in [6, 6.07) is 70.6. The van der Waals surface area contributed by atoms with Crippen LogP contribution in [0.5, 0.6) is 0 Å². The average Bonchev–Trinajstić information content (AvgIpc) is 3.74. The summed E-state index contributed by atoms with van der Waals surface area (Å²) < 4.78 is 7.41. The number of furan rings is 1. The Morgan fingerprint density at radius 2 is 0.773 bits per heavy atom. The van der Waals surface area contributed by atoms with E-state index in [1.165, 1.54) is 109 Å². The van der Waals surface area contributed by atoms with E-state index in [-0.39, 0.29) is 6.71 Å². The Morgan fingerprint density at radius 1 is 0.364 bits per heavy atom. The van der Waals surface area contributed by atoms with Crippen molar-refractivity contribution in [3.05, 3.63) is 199 Å². The molecule has 0 atom stereocenters. The number of fused-ring (bicyclic) bond motifs is 18. The molecule has 0 unspecified atom stereocenters. The van der Waals surface area contributed by atoms with Crippen LogP contribution in [-0.4, -0.2) is 6.71 Å². The molecule has 0 spiro atoms. The molecule has 0 radical (unpaired) electrons. The number of rotatable bonds is 4. The van der Waals surface area contributed by atoms with Crippen LogP contribution < -0.4 is 26.4 Å². The third-order valence-corrected chi connectivity index (χ3v) is 14.9. The zero-order valence-corrected chi connectivity index (χ0v) is 37.4. The number of hydrogen-bond acceptors (Lipinski definition) is 3. The van der Waals surface area contributed by atoms with Gasteiger partial charge < -0.3 is 14.2 Å². The molecule has 66 heavy (non-hydrogen) atoms. The molecule has 2 aliphatic heterocycles. The summed E-state index contributed by atoms with van der Waals surface area (Å²) in [7, 11) is 0. The quantitative estimate of drug-likeness (QED) is 0.130. The zero-order valence-electron chi connectivity index (χ0n) is 37.4. The van der Waals surface area contributed by atoms with E-state index in [1.54, 1.807) is 0 Å². The minimum absolute atomic E-state index is 0.151. The summed E-state index contributed by atoms with van der Waals surface area (Å²) in [5.41, 5.74) is 14.0. The molecule has 0 saturated carbocycles. The molecule has 0 amide bonds. The second kappa shape index (κ2) is 13.8. The van der Waals surface area contributed by atoms with E-state index in [1.807, 2.05) is 0 Å². The van der Waals surface area contributed by atoms with E-state index in [0.717, 1.165) is 28.0 Å².